The standard InChI is InChI=1S/C20H20N6O3/c27-20(22-15-4-5-16-17(11-15)29-13-28-16)14-3-1-9-25(12-14)18-6-7-19(24-23-18)26-10-2-8-21-26/h2,4-8,10-11,14H,1,3,9,12-13H2,(H,22,27). The molecule has 2 aliphatic rings. The number of fused-ring (bicyclic) bond motifs is 1. The van der Waals surface area contributed by atoms with Crippen molar-refractivity contribution in [3.63, 3.8) is 0 Å². The number of rotatable bonds is 4. The molecule has 1 N–H and O–H groups in total. The third kappa shape index (κ3) is 3.58. The van der Waals surface area contributed by atoms with Crippen LogP contribution in [0.5, 0.6) is 11.5 Å². The van der Waals surface area contributed by atoms with Gasteiger partial charge in [0, 0.05) is 37.2 Å². The molecule has 4 heterocycles. The number of ether oxygens (including phenoxy) is 2. The number of hydrogen-bond donors (Lipinski definition) is 1. The number of carbonyl (C=O) groups is 1. The largest absolute Gasteiger partial charge is 0.454 e. The molecule has 29 heavy (non-hydrogen) atoms. The maximum absolute atomic E-state index is 12.8. The van der Waals surface area contributed by atoms with E-state index < -0.39 is 0 Å². The van der Waals surface area contributed by atoms with E-state index in [-0.39, 0.29) is 18.6 Å². The Morgan fingerprint density at radius 3 is 2.79 bits per heavy atom. The van der Waals surface area contributed by atoms with Crippen LogP contribution in [-0.4, -0.2) is 45.8 Å². The zero-order valence-corrected chi connectivity index (χ0v) is 15.7. The first kappa shape index (κ1) is 17.5. The van der Waals surface area contributed by atoms with E-state index in [9.17, 15) is 4.79 Å². The van der Waals surface area contributed by atoms with Crippen molar-refractivity contribution in [2.24, 2.45) is 5.92 Å². The lowest BCUT2D eigenvalue weighted by Gasteiger charge is -2.32. The average molecular weight is 392 g/mol. The molecule has 9 heteroatoms. The maximum atomic E-state index is 12.8. The molecule has 0 bridgehead atoms. The van der Waals surface area contributed by atoms with Crippen molar-refractivity contribution in [1.29, 1.82) is 0 Å². The molecular weight excluding hydrogens is 372 g/mol. The Balaban J connectivity index is 1.25. The number of nitrogens with one attached hydrogen (secondary N) is 1. The molecule has 5 rings (SSSR count). The van der Waals surface area contributed by atoms with Crippen molar-refractivity contribution in [1.82, 2.24) is 20.0 Å². The Hall–Kier alpha value is -3.62. The predicted octanol–water partition coefficient (Wildman–Crippen LogP) is 2.25. The number of piperidine rings is 1. The monoisotopic (exact) mass is 392 g/mol. The summed E-state index contributed by atoms with van der Waals surface area (Å²) in [7, 11) is 0. The Morgan fingerprint density at radius 1 is 1.10 bits per heavy atom. The van der Waals surface area contributed by atoms with Crippen LogP contribution in [0.15, 0.2) is 48.8 Å². The lowest BCUT2D eigenvalue weighted by molar-refractivity contribution is -0.120. The van der Waals surface area contributed by atoms with Crippen LogP contribution in [0.3, 0.4) is 0 Å². The third-order valence-corrected chi connectivity index (χ3v) is 5.13. The molecule has 0 aliphatic carbocycles. The maximum Gasteiger partial charge on any atom is 0.231 e. The van der Waals surface area contributed by atoms with Crippen LogP contribution in [0.4, 0.5) is 11.5 Å². The summed E-state index contributed by atoms with van der Waals surface area (Å²) in [5.74, 6) is 2.65. The van der Waals surface area contributed by atoms with Crippen molar-refractivity contribution >= 4 is 17.4 Å². The van der Waals surface area contributed by atoms with E-state index in [0.29, 0.717) is 29.5 Å². The SMILES string of the molecule is O=C(Nc1ccc2c(c1)OCO2)C1CCCN(c2ccc(-n3cccn3)nn2)C1. The summed E-state index contributed by atoms with van der Waals surface area (Å²) in [5, 5.41) is 15.7. The minimum atomic E-state index is -0.123. The van der Waals surface area contributed by atoms with Gasteiger partial charge in [0.25, 0.3) is 0 Å². The molecule has 2 aliphatic heterocycles. The summed E-state index contributed by atoms with van der Waals surface area (Å²) in [6.45, 7) is 1.67. The first-order valence-electron chi connectivity index (χ1n) is 9.55. The van der Waals surface area contributed by atoms with Gasteiger partial charge in [0.2, 0.25) is 12.7 Å². The van der Waals surface area contributed by atoms with E-state index in [4.69, 9.17) is 9.47 Å². The van der Waals surface area contributed by atoms with Crippen LogP contribution in [0, 0.1) is 5.92 Å². The van der Waals surface area contributed by atoms with Crippen LogP contribution in [0.25, 0.3) is 5.82 Å². The Labute approximate surface area is 167 Å². The fraction of sp³-hybridized carbons (Fsp3) is 0.300. The van der Waals surface area contributed by atoms with Gasteiger partial charge < -0.3 is 19.7 Å². The second-order valence-corrected chi connectivity index (χ2v) is 7.04. The summed E-state index contributed by atoms with van der Waals surface area (Å²) in [6, 6.07) is 11.1. The summed E-state index contributed by atoms with van der Waals surface area (Å²) >= 11 is 0. The van der Waals surface area contributed by atoms with Crippen LogP contribution in [0.2, 0.25) is 0 Å². The quantitative estimate of drug-likeness (QED) is 0.728. The molecule has 1 fully saturated rings. The normalized spacial score (nSPS) is 17.9. The molecule has 1 unspecified atom stereocenters. The summed E-state index contributed by atoms with van der Waals surface area (Å²) in [5.41, 5.74) is 0.708. The topological polar surface area (TPSA) is 94.4 Å². The number of aromatic nitrogens is 4. The second-order valence-electron chi connectivity index (χ2n) is 7.04. The average Bonchev–Trinajstić information content (AvgIpc) is 3.46. The van der Waals surface area contributed by atoms with E-state index in [1.54, 1.807) is 16.9 Å². The van der Waals surface area contributed by atoms with Gasteiger partial charge >= 0.3 is 0 Å². The zero-order chi connectivity index (χ0) is 19.6. The number of amides is 1. The lowest BCUT2D eigenvalue weighted by Crippen LogP contribution is -2.41. The van der Waals surface area contributed by atoms with Gasteiger partial charge in [0.05, 0.1) is 5.92 Å². The Bertz CT molecular complexity index is 1010. The molecule has 3 aromatic rings. The molecule has 1 aromatic carbocycles. The lowest BCUT2D eigenvalue weighted by atomic mass is 9.97. The first-order chi connectivity index (χ1) is 14.3. The van der Waals surface area contributed by atoms with Gasteiger partial charge in [-0.25, -0.2) is 4.68 Å². The Morgan fingerprint density at radius 2 is 1.97 bits per heavy atom. The van der Waals surface area contributed by atoms with Gasteiger partial charge in [-0.05, 0) is 43.2 Å². The molecule has 2 aromatic heterocycles. The minimum Gasteiger partial charge on any atom is -0.454 e. The molecule has 148 valence electrons. The van der Waals surface area contributed by atoms with Crippen molar-refractivity contribution in [3.05, 3.63) is 48.8 Å². The third-order valence-electron chi connectivity index (χ3n) is 5.13. The molecule has 0 spiro atoms. The van der Waals surface area contributed by atoms with E-state index in [2.05, 4.69) is 25.5 Å². The summed E-state index contributed by atoms with van der Waals surface area (Å²) < 4.78 is 12.3. The molecular formula is C20H20N6O3. The Kier molecular flexibility index (Phi) is 4.47. The van der Waals surface area contributed by atoms with Crippen LogP contribution < -0.4 is 19.7 Å². The second kappa shape index (κ2) is 7.42. The highest BCUT2D eigenvalue weighted by Gasteiger charge is 2.27. The van der Waals surface area contributed by atoms with Crippen molar-refractivity contribution in [2.75, 3.05) is 30.1 Å². The van der Waals surface area contributed by atoms with E-state index in [1.807, 2.05) is 36.5 Å². The number of benzene rings is 1. The summed E-state index contributed by atoms with van der Waals surface area (Å²) in [6.07, 6.45) is 5.28. The molecule has 0 saturated carbocycles. The highest BCUT2D eigenvalue weighted by molar-refractivity contribution is 5.93. The molecule has 1 atom stereocenters. The number of anilines is 2. The highest BCUT2D eigenvalue weighted by atomic mass is 16.7. The van der Waals surface area contributed by atoms with Crippen LogP contribution >= 0.6 is 0 Å². The number of carbonyl (C=O) groups excluding carboxylic acids is 1. The number of hydrogen-bond acceptors (Lipinski definition) is 7. The summed E-state index contributed by atoms with van der Waals surface area (Å²) in [4.78, 5) is 14.9. The zero-order valence-electron chi connectivity index (χ0n) is 15.7. The smallest absolute Gasteiger partial charge is 0.231 e. The van der Waals surface area contributed by atoms with Crippen molar-refractivity contribution < 1.29 is 14.3 Å². The van der Waals surface area contributed by atoms with Gasteiger partial charge in [0.15, 0.2) is 23.1 Å². The fourth-order valence-corrected chi connectivity index (χ4v) is 3.63. The highest BCUT2D eigenvalue weighted by Crippen LogP contribution is 2.34. The van der Waals surface area contributed by atoms with Gasteiger partial charge in [0.1, 0.15) is 0 Å². The van der Waals surface area contributed by atoms with Crippen LogP contribution in [0.1, 0.15) is 12.8 Å². The molecule has 1 amide bonds. The predicted molar refractivity (Wildman–Crippen MR) is 105 cm³/mol. The molecule has 1 saturated heterocycles. The first-order valence-corrected chi connectivity index (χ1v) is 9.55. The van der Waals surface area contributed by atoms with E-state index >= 15 is 0 Å². The van der Waals surface area contributed by atoms with Gasteiger partial charge in [-0.3, -0.25) is 4.79 Å². The minimum absolute atomic E-state index is 0.00492. The molecule has 9 nitrogen and oxygen atoms in total. The van der Waals surface area contributed by atoms with Gasteiger partial charge in [-0.2, -0.15) is 5.10 Å². The molecule has 0 radical (unpaired) electrons. The van der Waals surface area contributed by atoms with Gasteiger partial charge in [-0.1, -0.05) is 0 Å². The van der Waals surface area contributed by atoms with Gasteiger partial charge in [-0.15, -0.1) is 10.2 Å². The van der Waals surface area contributed by atoms with E-state index in [1.165, 1.54) is 0 Å². The fourth-order valence-electron chi connectivity index (χ4n) is 3.63. The van der Waals surface area contributed by atoms with Crippen LogP contribution in [-0.2, 0) is 4.79 Å². The number of nitrogens with zero attached hydrogens (tertiary/aromatic N) is 5. The van der Waals surface area contributed by atoms with Crippen molar-refractivity contribution in [2.45, 2.75) is 12.8 Å². The van der Waals surface area contributed by atoms with Crippen molar-refractivity contribution in [3.8, 4) is 17.3 Å². The van der Waals surface area contributed by atoms with E-state index in [0.717, 1.165) is 25.2 Å².